The number of rotatable bonds is 6. The van der Waals surface area contributed by atoms with Crippen LogP contribution in [0.2, 0.25) is 5.02 Å². The Morgan fingerprint density at radius 3 is 2.59 bits per heavy atom. The van der Waals surface area contributed by atoms with Crippen molar-refractivity contribution in [3.05, 3.63) is 52.8 Å². The summed E-state index contributed by atoms with van der Waals surface area (Å²) in [6.07, 6.45) is 0. The van der Waals surface area contributed by atoms with Crippen molar-refractivity contribution in [1.82, 2.24) is 4.98 Å². The van der Waals surface area contributed by atoms with Gasteiger partial charge >= 0.3 is 0 Å². The smallest absolute Gasteiger partial charge is 0.260 e. The second-order valence-electron chi connectivity index (χ2n) is 6.34. The average molecular weight is 409 g/mol. The van der Waals surface area contributed by atoms with Crippen LogP contribution in [0, 0.1) is 5.82 Å². The van der Waals surface area contributed by atoms with Crippen LogP contribution in [0.5, 0.6) is 5.75 Å². The number of carbonyl (C=O) groups is 1. The highest BCUT2D eigenvalue weighted by molar-refractivity contribution is 7.23. The topological polar surface area (TPSA) is 46.9 Å². The summed E-state index contributed by atoms with van der Waals surface area (Å²) in [7, 11) is 5.59. The Morgan fingerprint density at radius 1 is 1.26 bits per heavy atom. The van der Waals surface area contributed by atoms with Gasteiger partial charge in [-0.3, -0.25) is 9.69 Å². The summed E-state index contributed by atoms with van der Waals surface area (Å²) in [4.78, 5) is 20.5. The van der Waals surface area contributed by atoms with Crippen LogP contribution in [-0.2, 0) is 0 Å². The third-order valence-electron chi connectivity index (χ3n) is 4.07. The van der Waals surface area contributed by atoms with E-state index in [1.54, 1.807) is 24.1 Å². The molecule has 1 N–H and O–H groups in total. The number of nitrogens with one attached hydrogen (secondary N) is 1. The third kappa shape index (κ3) is 4.21. The van der Waals surface area contributed by atoms with Crippen molar-refractivity contribution in [2.24, 2.45) is 0 Å². The van der Waals surface area contributed by atoms with Crippen LogP contribution in [0.4, 0.5) is 9.52 Å². The molecule has 27 heavy (non-hydrogen) atoms. The lowest BCUT2D eigenvalue weighted by atomic mass is 10.2. The van der Waals surface area contributed by atoms with Crippen LogP contribution in [0.3, 0.4) is 0 Å². The molecule has 0 saturated heterocycles. The van der Waals surface area contributed by atoms with Crippen LogP contribution < -0.4 is 14.5 Å². The van der Waals surface area contributed by atoms with Gasteiger partial charge in [0.2, 0.25) is 0 Å². The van der Waals surface area contributed by atoms with Crippen molar-refractivity contribution < 1.29 is 18.8 Å². The van der Waals surface area contributed by atoms with Crippen LogP contribution in [0.15, 0.2) is 36.4 Å². The highest BCUT2D eigenvalue weighted by Gasteiger charge is 2.24. The molecule has 0 aliphatic heterocycles. The van der Waals surface area contributed by atoms with E-state index in [0.717, 1.165) is 11.2 Å². The number of ether oxygens (including phenoxy) is 1. The molecular formula is C19H20ClFN3O2S+. The molecule has 0 radical (unpaired) electrons. The van der Waals surface area contributed by atoms with E-state index in [1.165, 1.54) is 40.5 Å². The van der Waals surface area contributed by atoms with E-state index in [0.29, 0.717) is 33.5 Å². The first-order valence-electron chi connectivity index (χ1n) is 8.40. The van der Waals surface area contributed by atoms with Gasteiger partial charge in [0.15, 0.2) is 5.13 Å². The summed E-state index contributed by atoms with van der Waals surface area (Å²) >= 11 is 7.65. The van der Waals surface area contributed by atoms with Crippen molar-refractivity contribution in [2.45, 2.75) is 0 Å². The number of aromatic nitrogens is 1. The van der Waals surface area contributed by atoms with Gasteiger partial charge in [-0.2, -0.15) is 0 Å². The van der Waals surface area contributed by atoms with Gasteiger partial charge in [0.1, 0.15) is 17.1 Å². The van der Waals surface area contributed by atoms with Gasteiger partial charge in [-0.05, 0) is 36.4 Å². The second-order valence-corrected chi connectivity index (χ2v) is 7.73. The molecule has 0 atom stereocenters. The lowest BCUT2D eigenvalue weighted by Crippen LogP contribution is -3.06. The number of quaternary nitrogens is 1. The maximum Gasteiger partial charge on any atom is 0.260 e. The van der Waals surface area contributed by atoms with Crippen molar-refractivity contribution >= 4 is 44.2 Å². The number of amides is 1. The third-order valence-corrected chi connectivity index (χ3v) is 5.61. The van der Waals surface area contributed by atoms with Gasteiger partial charge in [-0.1, -0.05) is 22.9 Å². The van der Waals surface area contributed by atoms with E-state index in [4.69, 9.17) is 16.3 Å². The van der Waals surface area contributed by atoms with Crippen molar-refractivity contribution in [2.75, 3.05) is 39.2 Å². The summed E-state index contributed by atoms with van der Waals surface area (Å²) < 4.78 is 19.4. The molecule has 0 aliphatic rings. The van der Waals surface area contributed by atoms with Crippen molar-refractivity contribution in [1.29, 1.82) is 0 Å². The normalized spacial score (nSPS) is 11.2. The zero-order valence-corrected chi connectivity index (χ0v) is 16.8. The highest BCUT2D eigenvalue weighted by atomic mass is 35.5. The van der Waals surface area contributed by atoms with Crippen LogP contribution >= 0.6 is 22.9 Å². The minimum absolute atomic E-state index is 0.231. The molecular weight excluding hydrogens is 389 g/mol. The Hall–Kier alpha value is -2.22. The van der Waals surface area contributed by atoms with Gasteiger partial charge in [-0.25, -0.2) is 9.37 Å². The number of nitrogens with zero attached hydrogens (tertiary/aromatic N) is 2. The predicted molar refractivity (Wildman–Crippen MR) is 107 cm³/mol. The van der Waals surface area contributed by atoms with E-state index in [-0.39, 0.29) is 11.7 Å². The molecule has 0 unspecified atom stereocenters. The molecule has 0 spiro atoms. The first kappa shape index (κ1) is 19.5. The van der Waals surface area contributed by atoms with Crippen molar-refractivity contribution in [3.63, 3.8) is 0 Å². The Bertz CT molecular complexity index is 959. The van der Waals surface area contributed by atoms with Crippen LogP contribution in [0.25, 0.3) is 10.2 Å². The first-order valence-corrected chi connectivity index (χ1v) is 9.59. The Balaban J connectivity index is 2.05. The molecule has 1 amide bonds. The predicted octanol–water partition coefficient (Wildman–Crippen LogP) is 2.89. The maximum atomic E-state index is 13.2. The summed E-state index contributed by atoms with van der Waals surface area (Å²) in [5, 5.41) is 1.09. The minimum Gasteiger partial charge on any atom is -0.494 e. The minimum atomic E-state index is -0.382. The fourth-order valence-corrected chi connectivity index (χ4v) is 3.87. The SMILES string of the molecule is COc1ccc(Cl)c2sc(N(CC[NH+](C)C)C(=O)c3ccc(F)cc3)nc12. The quantitative estimate of drug-likeness (QED) is 0.682. The van der Waals surface area contributed by atoms with Crippen molar-refractivity contribution in [3.8, 4) is 5.75 Å². The number of carbonyl (C=O) groups excluding carboxylic acids is 1. The molecule has 142 valence electrons. The Morgan fingerprint density at radius 2 is 1.96 bits per heavy atom. The number of fused-ring (bicyclic) bond motifs is 1. The van der Waals surface area contributed by atoms with Crippen LogP contribution in [0.1, 0.15) is 10.4 Å². The number of thiazole rings is 1. The summed E-state index contributed by atoms with van der Waals surface area (Å²) in [6, 6.07) is 9.02. The molecule has 5 nitrogen and oxygen atoms in total. The van der Waals surface area contributed by atoms with E-state index in [9.17, 15) is 9.18 Å². The largest absolute Gasteiger partial charge is 0.494 e. The number of benzene rings is 2. The number of anilines is 1. The summed E-state index contributed by atoms with van der Waals surface area (Å²) in [5.74, 6) is -0.0120. The fourth-order valence-electron chi connectivity index (χ4n) is 2.59. The van der Waals surface area contributed by atoms with E-state index >= 15 is 0 Å². The number of methoxy groups -OCH3 is 1. The van der Waals surface area contributed by atoms with E-state index in [1.807, 2.05) is 14.1 Å². The maximum absolute atomic E-state index is 13.2. The molecule has 0 fully saturated rings. The lowest BCUT2D eigenvalue weighted by Gasteiger charge is -2.20. The number of hydrogen-bond acceptors (Lipinski definition) is 4. The number of hydrogen-bond donors (Lipinski definition) is 1. The average Bonchev–Trinajstić information content (AvgIpc) is 3.08. The summed E-state index contributed by atoms with van der Waals surface area (Å²) in [6.45, 7) is 1.20. The van der Waals surface area contributed by atoms with Gasteiger partial charge in [0, 0.05) is 5.56 Å². The fraction of sp³-hybridized carbons (Fsp3) is 0.263. The van der Waals surface area contributed by atoms with Gasteiger partial charge in [-0.15, -0.1) is 0 Å². The number of likely N-dealkylation sites (N-methyl/N-ethyl adjacent to an activating group) is 1. The molecule has 1 aromatic heterocycles. The molecule has 8 heteroatoms. The van der Waals surface area contributed by atoms with Gasteiger partial charge in [0.05, 0.1) is 44.0 Å². The van der Waals surface area contributed by atoms with E-state index in [2.05, 4.69) is 4.98 Å². The van der Waals surface area contributed by atoms with E-state index < -0.39 is 0 Å². The standard InChI is InChI=1S/C19H19ClFN3O2S/c1-23(2)10-11-24(18(25)12-4-6-13(21)7-5-12)19-22-16-15(26-3)9-8-14(20)17(16)27-19/h4-9H,10-11H2,1-3H3/p+1. The highest BCUT2D eigenvalue weighted by Crippen LogP contribution is 2.38. The molecule has 3 aromatic rings. The first-order chi connectivity index (χ1) is 12.9. The van der Waals surface area contributed by atoms with Gasteiger partial charge in [0.25, 0.3) is 5.91 Å². The number of halogens is 2. The van der Waals surface area contributed by atoms with Crippen LogP contribution in [-0.4, -0.2) is 45.2 Å². The van der Waals surface area contributed by atoms with Gasteiger partial charge < -0.3 is 9.64 Å². The molecule has 0 saturated carbocycles. The summed E-state index contributed by atoms with van der Waals surface area (Å²) in [5.41, 5.74) is 1.03. The Labute approximate surface area is 165 Å². The molecule has 0 bridgehead atoms. The molecule has 0 aliphatic carbocycles. The zero-order valence-electron chi connectivity index (χ0n) is 15.3. The monoisotopic (exact) mass is 408 g/mol. The lowest BCUT2D eigenvalue weighted by molar-refractivity contribution is -0.856. The molecule has 3 rings (SSSR count). The molecule has 2 aromatic carbocycles. The molecule has 1 heterocycles. The Kier molecular flexibility index (Phi) is 5.94. The second kappa shape index (κ2) is 8.21. The zero-order chi connectivity index (χ0) is 19.6.